The lowest BCUT2D eigenvalue weighted by molar-refractivity contribution is 0.387. The number of fused-ring (bicyclic) bond motifs is 1. The topological polar surface area (TPSA) is 47.0 Å². The summed E-state index contributed by atoms with van der Waals surface area (Å²) in [6.07, 6.45) is 2.43. The number of nitrogens with one attached hydrogen (secondary N) is 1. The van der Waals surface area contributed by atoms with Crippen LogP contribution in [0.1, 0.15) is 6.42 Å². The zero-order valence-corrected chi connectivity index (χ0v) is 12.4. The van der Waals surface area contributed by atoms with Gasteiger partial charge in [-0.25, -0.2) is 4.39 Å². The molecule has 0 spiro atoms. The van der Waals surface area contributed by atoms with Crippen molar-refractivity contribution in [2.24, 2.45) is 0 Å². The van der Waals surface area contributed by atoms with Crippen LogP contribution >= 0.6 is 12.2 Å². The van der Waals surface area contributed by atoms with Crippen LogP contribution in [0.3, 0.4) is 0 Å². The number of halogens is 1. The van der Waals surface area contributed by atoms with Crippen LogP contribution in [-0.2, 0) is 17.3 Å². The van der Waals surface area contributed by atoms with E-state index in [-0.39, 0.29) is 5.75 Å². The zero-order valence-electron chi connectivity index (χ0n) is 10.7. The highest BCUT2D eigenvalue weighted by atomic mass is 32.2. The number of nitrogens with zero attached hydrogens (tertiary/aromatic N) is 1. The second-order valence-electron chi connectivity index (χ2n) is 4.22. The lowest BCUT2D eigenvalue weighted by Gasteiger charge is -2.06. The van der Waals surface area contributed by atoms with E-state index in [4.69, 9.17) is 17.0 Å². The number of hydrogen-bond acceptors (Lipinski definition) is 3. The molecule has 1 heterocycles. The predicted octanol–water partition coefficient (Wildman–Crippen LogP) is 2.62. The maximum Gasteiger partial charge on any atom is 0.178 e. The van der Waals surface area contributed by atoms with Crippen molar-refractivity contribution < 1.29 is 13.3 Å². The molecule has 2 rings (SSSR count). The number of rotatable bonds is 5. The van der Waals surface area contributed by atoms with Gasteiger partial charge in [0.25, 0.3) is 0 Å². The monoisotopic (exact) mass is 302 g/mol. The highest BCUT2D eigenvalue weighted by Crippen LogP contribution is 2.24. The van der Waals surface area contributed by atoms with Gasteiger partial charge in [-0.05, 0) is 18.6 Å². The quantitative estimate of drug-likeness (QED) is 0.864. The van der Waals surface area contributed by atoms with Crippen LogP contribution in [0.2, 0.25) is 0 Å². The molecule has 0 fully saturated rings. The van der Waals surface area contributed by atoms with Crippen LogP contribution in [0.25, 0.3) is 11.0 Å². The summed E-state index contributed by atoms with van der Waals surface area (Å²) in [7, 11) is 0.607. The Morgan fingerprint density at radius 1 is 1.53 bits per heavy atom. The molecule has 104 valence electrons. The van der Waals surface area contributed by atoms with Crippen molar-refractivity contribution in [3.8, 4) is 5.75 Å². The van der Waals surface area contributed by atoms with Crippen LogP contribution in [0, 0.1) is 10.6 Å². The van der Waals surface area contributed by atoms with E-state index in [1.54, 1.807) is 12.3 Å². The van der Waals surface area contributed by atoms with E-state index in [0.29, 0.717) is 22.6 Å². The van der Waals surface area contributed by atoms with Crippen LogP contribution in [0.5, 0.6) is 5.75 Å². The molecule has 1 aromatic carbocycles. The molecular formula is C12H15FN2O2S2. The minimum Gasteiger partial charge on any atom is -0.494 e. The van der Waals surface area contributed by atoms with Crippen LogP contribution in [0.4, 0.5) is 4.39 Å². The molecule has 0 bridgehead atoms. The van der Waals surface area contributed by atoms with E-state index in [1.165, 1.54) is 13.2 Å². The second-order valence-corrected chi connectivity index (χ2v) is 6.16. The Hall–Kier alpha value is -1.21. The molecule has 0 aliphatic heterocycles. The molecule has 1 N–H and O–H groups in total. The van der Waals surface area contributed by atoms with Gasteiger partial charge in [0.05, 0.1) is 18.1 Å². The van der Waals surface area contributed by atoms with E-state index in [9.17, 15) is 8.60 Å². The second kappa shape index (κ2) is 5.83. The summed E-state index contributed by atoms with van der Waals surface area (Å²) in [5.41, 5.74) is 1.44. The summed E-state index contributed by atoms with van der Waals surface area (Å²) in [5, 5.41) is 0. The third-order valence-corrected chi connectivity index (χ3v) is 4.05. The molecule has 0 saturated heterocycles. The Kier molecular flexibility index (Phi) is 4.36. The first-order valence-electron chi connectivity index (χ1n) is 5.79. The third kappa shape index (κ3) is 3.03. The number of aromatic amines is 1. The molecule has 4 nitrogen and oxygen atoms in total. The van der Waals surface area contributed by atoms with Gasteiger partial charge in [0.2, 0.25) is 0 Å². The lowest BCUT2D eigenvalue weighted by Crippen LogP contribution is -2.03. The molecule has 2 aromatic rings. The first-order valence-corrected chi connectivity index (χ1v) is 7.92. The molecule has 0 radical (unpaired) electrons. The van der Waals surface area contributed by atoms with E-state index >= 15 is 0 Å². The van der Waals surface area contributed by atoms with Crippen molar-refractivity contribution in [3.05, 3.63) is 22.7 Å². The van der Waals surface area contributed by atoms with Crippen molar-refractivity contribution in [2.75, 3.05) is 19.1 Å². The van der Waals surface area contributed by atoms with Crippen LogP contribution in [0.15, 0.2) is 12.1 Å². The number of methoxy groups -OCH3 is 1. The highest BCUT2D eigenvalue weighted by Gasteiger charge is 2.10. The molecule has 0 saturated carbocycles. The van der Waals surface area contributed by atoms with Crippen molar-refractivity contribution in [1.29, 1.82) is 0 Å². The normalized spacial score (nSPS) is 12.8. The molecule has 1 unspecified atom stereocenters. The zero-order chi connectivity index (χ0) is 14.0. The van der Waals surface area contributed by atoms with E-state index in [1.807, 2.05) is 4.57 Å². The van der Waals surface area contributed by atoms with Gasteiger partial charge in [-0.3, -0.25) is 4.21 Å². The molecular weight excluding hydrogens is 287 g/mol. The lowest BCUT2D eigenvalue weighted by atomic mass is 10.3. The Bertz CT molecular complexity index is 678. The Balaban J connectivity index is 2.39. The fourth-order valence-electron chi connectivity index (χ4n) is 1.96. The maximum atomic E-state index is 13.6. The van der Waals surface area contributed by atoms with Crippen molar-refractivity contribution in [2.45, 2.75) is 13.0 Å². The summed E-state index contributed by atoms with van der Waals surface area (Å²) < 4.78 is 32.0. The Labute approximate surface area is 118 Å². The molecule has 7 heteroatoms. The van der Waals surface area contributed by atoms with Gasteiger partial charge in [0.1, 0.15) is 0 Å². The molecule has 0 amide bonds. The van der Waals surface area contributed by atoms with Crippen LogP contribution < -0.4 is 4.74 Å². The SMILES string of the molecule is COc1cc2c(cc1F)[nH]c(=S)n2CCCS(C)=O. The first kappa shape index (κ1) is 14.2. The number of hydrogen-bond donors (Lipinski definition) is 1. The Morgan fingerprint density at radius 3 is 2.89 bits per heavy atom. The highest BCUT2D eigenvalue weighted by molar-refractivity contribution is 7.84. The van der Waals surface area contributed by atoms with Gasteiger partial charge in [-0.2, -0.15) is 0 Å². The van der Waals surface area contributed by atoms with Crippen molar-refractivity contribution in [3.63, 3.8) is 0 Å². The van der Waals surface area contributed by atoms with E-state index in [0.717, 1.165) is 11.9 Å². The standard InChI is InChI=1S/C12H15FN2O2S2/c1-17-11-7-10-9(6-8(11)13)14-12(18)15(10)4-3-5-19(2)16/h6-7H,3-5H2,1-2H3,(H,14,18). The molecule has 0 aliphatic carbocycles. The molecule has 1 atom stereocenters. The minimum absolute atomic E-state index is 0.189. The predicted molar refractivity (Wildman–Crippen MR) is 77.2 cm³/mol. The van der Waals surface area contributed by atoms with Gasteiger partial charge in [-0.15, -0.1) is 0 Å². The van der Waals surface area contributed by atoms with Gasteiger partial charge in [0, 0.05) is 41.5 Å². The number of aryl methyl sites for hydroxylation is 1. The maximum absolute atomic E-state index is 13.6. The third-order valence-electron chi connectivity index (χ3n) is 2.86. The number of benzene rings is 1. The smallest absolute Gasteiger partial charge is 0.178 e. The van der Waals surface area contributed by atoms with Gasteiger partial charge < -0.3 is 14.3 Å². The number of ether oxygens (including phenoxy) is 1. The summed E-state index contributed by atoms with van der Waals surface area (Å²) in [6.45, 7) is 0.646. The fourth-order valence-corrected chi connectivity index (χ4v) is 2.80. The fraction of sp³-hybridized carbons (Fsp3) is 0.417. The van der Waals surface area contributed by atoms with Crippen LogP contribution in [-0.4, -0.2) is 32.9 Å². The number of imidazole rings is 1. The minimum atomic E-state index is -0.819. The van der Waals surface area contributed by atoms with E-state index < -0.39 is 16.6 Å². The van der Waals surface area contributed by atoms with Gasteiger partial charge in [-0.1, -0.05) is 0 Å². The van der Waals surface area contributed by atoms with Crippen molar-refractivity contribution in [1.82, 2.24) is 9.55 Å². The summed E-state index contributed by atoms with van der Waals surface area (Å²) in [6, 6.07) is 3.00. The molecule has 19 heavy (non-hydrogen) atoms. The first-order chi connectivity index (χ1) is 9.02. The van der Waals surface area contributed by atoms with E-state index in [2.05, 4.69) is 4.98 Å². The number of aromatic nitrogens is 2. The van der Waals surface area contributed by atoms with Gasteiger partial charge in [0.15, 0.2) is 16.3 Å². The summed E-state index contributed by atoms with van der Waals surface area (Å²) in [4.78, 5) is 2.96. The molecule has 0 aliphatic rings. The van der Waals surface area contributed by atoms with Crippen molar-refractivity contribution >= 4 is 34.1 Å². The Morgan fingerprint density at radius 2 is 2.26 bits per heavy atom. The number of H-pyrrole nitrogens is 1. The molecule has 1 aromatic heterocycles. The average molecular weight is 302 g/mol. The average Bonchev–Trinajstić information content (AvgIpc) is 2.63. The van der Waals surface area contributed by atoms with Gasteiger partial charge >= 0.3 is 0 Å². The summed E-state index contributed by atoms with van der Waals surface area (Å²) >= 11 is 5.22. The summed E-state index contributed by atoms with van der Waals surface area (Å²) in [5.74, 6) is 0.384. The largest absolute Gasteiger partial charge is 0.494 e.